The Bertz CT molecular complexity index is 816. The smallest absolute Gasteiger partial charge is 0.253 e. The van der Waals surface area contributed by atoms with Crippen LogP contribution in [0.2, 0.25) is 5.02 Å². The van der Waals surface area contributed by atoms with Crippen molar-refractivity contribution in [1.29, 1.82) is 0 Å². The van der Waals surface area contributed by atoms with Gasteiger partial charge in [0.05, 0.1) is 12.1 Å². The van der Waals surface area contributed by atoms with Crippen LogP contribution in [0.5, 0.6) is 5.75 Å². The molecule has 0 aliphatic carbocycles. The van der Waals surface area contributed by atoms with Crippen molar-refractivity contribution in [2.75, 3.05) is 38.2 Å². The average Bonchev–Trinajstić information content (AvgIpc) is 3.20. The summed E-state index contributed by atoms with van der Waals surface area (Å²) in [5, 5.41) is 0.622. The Labute approximate surface area is 156 Å². The molecule has 2 unspecified atom stereocenters. The van der Waals surface area contributed by atoms with Crippen molar-refractivity contribution in [2.24, 2.45) is 11.8 Å². The van der Waals surface area contributed by atoms with E-state index in [4.69, 9.17) is 16.3 Å². The van der Waals surface area contributed by atoms with E-state index in [2.05, 4.69) is 9.88 Å². The van der Waals surface area contributed by atoms with Crippen LogP contribution in [0.4, 0.5) is 10.2 Å². The van der Waals surface area contributed by atoms with Crippen LogP contribution < -0.4 is 9.64 Å². The van der Waals surface area contributed by atoms with Gasteiger partial charge in [0.1, 0.15) is 5.82 Å². The average molecular weight is 376 g/mol. The third kappa shape index (κ3) is 3.09. The zero-order valence-electron chi connectivity index (χ0n) is 14.4. The quantitative estimate of drug-likeness (QED) is 0.827. The molecular formula is C19H19ClFN3O2. The van der Waals surface area contributed by atoms with E-state index in [1.165, 1.54) is 19.2 Å². The Morgan fingerprint density at radius 2 is 1.92 bits per heavy atom. The molecule has 1 aromatic heterocycles. The minimum absolute atomic E-state index is 0.128. The predicted octanol–water partition coefficient (Wildman–Crippen LogP) is 3.09. The number of carbonyl (C=O) groups is 1. The number of likely N-dealkylation sites (tertiary alicyclic amines) is 1. The highest BCUT2D eigenvalue weighted by atomic mass is 35.5. The van der Waals surface area contributed by atoms with Crippen molar-refractivity contribution in [3.05, 3.63) is 52.9 Å². The van der Waals surface area contributed by atoms with Crippen molar-refractivity contribution in [1.82, 2.24) is 9.88 Å². The van der Waals surface area contributed by atoms with Gasteiger partial charge in [0.15, 0.2) is 11.6 Å². The normalized spacial score (nSPS) is 21.8. The van der Waals surface area contributed by atoms with Crippen LogP contribution in [0, 0.1) is 17.7 Å². The maximum absolute atomic E-state index is 13.9. The third-order valence-electron chi connectivity index (χ3n) is 5.21. The molecule has 0 saturated carbocycles. The van der Waals surface area contributed by atoms with Crippen LogP contribution in [0.1, 0.15) is 10.4 Å². The van der Waals surface area contributed by atoms with Crippen LogP contribution in [0.3, 0.4) is 0 Å². The number of nitrogens with zero attached hydrogens (tertiary/aromatic N) is 3. The van der Waals surface area contributed by atoms with Gasteiger partial charge in [-0.1, -0.05) is 11.6 Å². The van der Waals surface area contributed by atoms with Gasteiger partial charge in [-0.25, -0.2) is 9.37 Å². The van der Waals surface area contributed by atoms with E-state index in [9.17, 15) is 9.18 Å². The number of anilines is 1. The molecule has 2 atom stereocenters. The van der Waals surface area contributed by atoms with Gasteiger partial charge in [-0.2, -0.15) is 0 Å². The van der Waals surface area contributed by atoms with Crippen LogP contribution in [0.15, 0.2) is 36.5 Å². The van der Waals surface area contributed by atoms with Crippen molar-refractivity contribution in [3.63, 3.8) is 0 Å². The number of halogens is 2. The van der Waals surface area contributed by atoms with Gasteiger partial charge in [-0.05, 0) is 30.3 Å². The molecular weight excluding hydrogens is 357 g/mol. The van der Waals surface area contributed by atoms with E-state index in [1.54, 1.807) is 12.3 Å². The summed E-state index contributed by atoms with van der Waals surface area (Å²) in [6, 6.07) is 8.12. The lowest BCUT2D eigenvalue weighted by Gasteiger charge is -2.22. The molecule has 7 heteroatoms. The summed E-state index contributed by atoms with van der Waals surface area (Å²) in [7, 11) is 1.41. The van der Waals surface area contributed by atoms with Gasteiger partial charge >= 0.3 is 0 Å². The first kappa shape index (κ1) is 17.1. The number of ether oxygens (including phenoxy) is 1. The number of benzene rings is 1. The van der Waals surface area contributed by atoms with E-state index in [1.807, 2.05) is 17.0 Å². The summed E-state index contributed by atoms with van der Waals surface area (Å²) in [4.78, 5) is 21.1. The van der Waals surface area contributed by atoms with Crippen LogP contribution in [-0.4, -0.2) is 49.1 Å². The largest absolute Gasteiger partial charge is 0.494 e. The molecule has 0 spiro atoms. The Balaban J connectivity index is 1.42. The van der Waals surface area contributed by atoms with Crippen molar-refractivity contribution < 1.29 is 13.9 Å². The summed E-state index contributed by atoms with van der Waals surface area (Å²) in [6.45, 7) is 3.09. The van der Waals surface area contributed by atoms with Gasteiger partial charge in [0.25, 0.3) is 5.91 Å². The molecule has 0 N–H and O–H groups in total. The summed E-state index contributed by atoms with van der Waals surface area (Å²) in [5.41, 5.74) is 0.361. The Hall–Kier alpha value is -2.34. The van der Waals surface area contributed by atoms with Crippen LogP contribution in [0.25, 0.3) is 0 Å². The first-order valence-corrected chi connectivity index (χ1v) is 8.92. The predicted molar refractivity (Wildman–Crippen MR) is 97.3 cm³/mol. The molecule has 2 aromatic rings. The second kappa shape index (κ2) is 6.76. The summed E-state index contributed by atoms with van der Waals surface area (Å²) in [5.74, 6) is 1.22. The number of pyridine rings is 1. The highest BCUT2D eigenvalue weighted by molar-refractivity contribution is 6.30. The van der Waals surface area contributed by atoms with E-state index in [0.29, 0.717) is 35.5 Å². The number of hydrogen-bond acceptors (Lipinski definition) is 4. The van der Waals surface area contributed by atoms with Gasteiger partial charge in [0, 0.05) is 49.8 Å². The lowest BCUT2D eigenvalue weighted by atomic mass is 10.0. The molecule has 1 amide bonds. The maximum Gasteiger partial charge on any atom is 0.253 e. The fourth-order valence-corrected chi connectivity index (χ4v) is 3.99. The van der Waals surface area contributed by atoms with Crippen molar-refractivity contribution in [2.45, 2.75) is 0 Å². The molecule has 5 nitrogen and oxygen atoms in total. The van der Waals surface area contributed by atoms with E-state index in [-0.39, 0.29) is 11.7 Å². The van der Waals surface area contributed by atoms with Gasteiger partial charge < -0.3 is 14.5 Å². The summed E-state index contributed by atoms with van der Waals surface area (Å²) < 4.78 is 18.8. The number of hydrogen-bond donors (Lipinski definition) is 0. The lowest BCUT2D eigenvalue weighted by Crippen LogP contribution is -2.33. The monoisotopic (exact) mass is 375 g/mol. The second-order valence-electron chi connectivity index (χ2n) is 6.82. The molecule has 2 saturated heterocycles. The highest BCUT2D eigenvalue weighted by Crippen LogP contribution is 2.34. The molecule has 4 rings (SSSR count). The molecule has 0 radical (unpaired) electrons. The third-order valence-corrected chi connectivity index (χ3v) is 5.43. The van der Waals surface area contributed by atoms with Gasteiger partial charge in [-0.15, -0.1) is 0 Å². The SMILES string of the molecule is COc1ccc(C(=O)N2CC3CN(c4ccc(Cl)cn4)CC3C2)cc1F. The number of fused-ring (bicyclic) bond motifs is 1. The molecule has 2 aliphatic heterocycles. The Morgan fingerprint density at radius 1 is 1.19 bits per heavy atom. The zero-order chi connectivity index (χ0) is 18.3. The number of rotatable bonds is 3. The summed E-state index contributed by atoms with van der Waals surface area (Å²) >= 11 is 5.90. The van der Waals surface area contributed by atoms with E-state index >= 15 is 0 Å². The molecule has 3 heterocycles. The summed E-state index contributed by atoms with van der Waals surface area (Å²) in [6.07, 6.45) is 1.65. The highest BCUT2D eigenvalue weighted by Gasteiger charge is 2.42. The topological polar surface area (TPSA) is 45.7 Å². The van der Waals surface area contributed by atoms with Crippen LogP contribution in [-0.2, 0) is 0 Å². The van der Waals surface area contributed by atoms with E-state index in [0.717, 1.165) is 18.9 Å². The minimum atomic E-state index is -0.516. The lowest BCUT2D eigenvalue weighted by molar-refractivity contribution is 0.0782. The van der Waals surface area contributed by atoms with Crippen molar-refractivity contribution in [3.8, 4) is 5.75 Å². The first-order valence-electron chi connectivity index (χ1n) is 8.54. The number of aromatic nitrogens is 1. The maximum atomic E-state index is 13.9. The van der Waals surface area contributed by atoms with Gasteiger partial charge in [-0.3, -0.25) is 4.79 Å². The first-order chi connectivity index (χ1) is 12.5. The number of carbonyl (C=O) groups excluding carboxylic acids is 1. The van der Waals surface area contributed by atoms with Crippen LogP contribution >= 0.6 is 11.6 Å². The minimum Gasteiger partial charge on any atom is -0.494 e. The molecule has 0 bridgehead atoms. The fourth-order valence-electron chi connectivity index (χ4n) is 3.88. The number of amides is 1. The molecule has 26 heavy (non-hydrogen) atoms. The fraction of sp³-hybridized carbons (Fsp3) is 0.368. The number of methoxy groups -OCH3 is 1. The Kier molecular flexibility index (Phi) is 4.44. The van der Waals surface area contributed by atoms with Crippen molar-refractivity contribution >= 4 is 23.3 Å². The zero-order valence-corrected chi connectivity index (χ0v) is 15.1. The Morgan fingerprint density at radius 3 is 2.50 bits per heavy atom. The molecule has 136 valence electrons. The van der Waals surface area contributed by atoms with E-state index < -0.39 is 5.82 Å². The second-order valence-corrected chi connectivity index (χ2v) is 7.26. The van der Waals surface area contributed by atoms with Gasteiger partial charge in [0.2, 0.25) is 0 Å². The standard InChI is InChI=1S/C19H19ClFN3O2/c1-26-17-4-2-12(6-16(17)21)19(25)24-10-13-8-23(9-14(13)11-24)18-5-3-15(20)7-22-18/h2-7,13-14H,8-11H2,1H3. The molecule has 2 fully saturated rings. The molecule has 2 aliphatic rings. The molecule has 1 aromatic carbocycles.